The highest BCUT2D eigenvalue weighted by Gasteiger charge is 2.25. The monoisotopic (exact) mass is 398 g/mol. The number of hydrogen-bond acceptors (Lipinski definition) is 5. The van der Waals surface area contributed by atoms with Crippen molar-refractivity contribution in [3.05, 3.63) is 29.8 Å². The Labute approximate surface area is 162 Å². The maximum absolute atomic E-state index is 12.8. The second-order valence-corrected chi connectivity index (χ2v) is 8.56. The molecule has 0 N–H and O–H groups in total. The summed E-state index contributed by atoms with van der Waals surface area (Å²) in [7, 11) is -0.338. The average molecular weight is 399 g/mol. The Hall–Kier alpha value is -1.48. The van der Waals surface area contributed by atoms with Gasteiger partial charge in [-0.25, -0.2) is 8.42 Å². The maximum Gasteiger partial charge on any atom is 0.254 e. The molecule has 1 aromatic carbocycles. The van der Waals surface area contributed by atoms with Crippen LogP contribution in [-0.4, -0.2) is 77.1 Å². The Morgan fingerprint density at radius 1 is 0.963 bits per heavy atom. The molecule has 1 heterocycles. The second-order valence-electron chi connectivity index (χ2n) is 6.62. The lowest BCUT2D eigenvalue weighted by atomic mass is 10.2. The van der Waals surface area contributed by atoms with E-state index in [9.17, 15) is 13.2 Å². The van der Waals surface area contributed by atoms with Crippen LogP contribution in [0.2, 0.25) is 0 Å². The molecule has 27 heavy (non-hydrogen) atoms. The Morgan fingerprint density at radius 3 is 1.96 bits per heavy atom. The number of ether oxygens (including phenoxy) is 2. The Kier molecular flexibility index (Phi) is 8.69. The second kappa shape index (κ2) is 10.8. The Bertz CT molecular complexity index is 675. The van der Waals surface area contributed by atoms with E-state index in [1.807, 2.05) is 0 Å². The van der Waals surface area contributed by atoms with Gasteiger partial charge in [-0.2, -0.15) is 4.31 Å². The number of sulfonamides is 1. The van der Waals surface area contributed by atoms with Crippen LogP contribution in [0.3, 0.4) is 0 Å². The van der Waals surface area contributed by atoms with Crippen molar-refractivity contribution in [1.82, 2.24) is 9.21 Å². The summed E-state index contributed by atoms with van der Waals surface area (Å²) in [5.74, 6) is -0.164. The van der Waals surface area contributed by atoms with E-state index in [4.69, 9.17) is 9.47 Å². The highest BCUT2D eigenvalue weighted by atomic mass is 32.2. The highest BCUT2D eigenvalue weighted by molar-refractivity contribution is 7.89. The molecule has 0 bridgehead atoms. The molecule has 2 rings (SSSR count). The van der Waals surface area contributed by atoms with Crippen molar-refractivity contribution in [1.29, 1.82) is 0 Å². The summed E-state index contributed by atoms with van der Waals surface area (Å²) in [5, 5.41) is 0. The van der Waals surface area contributed by atoms with Gasteiger partial charge >= 0.3 is 0 Å². The number of nitrogens with zero attached hydrogens (tertiary/aromatic N) is 2. The molecule has 0 atom stereocenters. The van der Waals surface area contributed by atoms with E-state index in [1.54, 1.807) is 35.6 Å². The van der Waals surface area contributed by atoms with Gasteiger partial charge in [0.15, 0.2) is 0 Å². The first-order valence-electron chi connectivity index (χ1n) is 9.38. The molecule has 1 aliphatic rings. The van der Waals surface area contributed by atoms with Crippen LogP contribution in [0.4, 0.5) is 0 Å². The predicted molar refractivity (Wildman–Crippen MR) is 103 cm³/mol. The molecular formula is C19H30N2O5S. The third-order valence-electron chi connectivity index (χ3n) is 4.72. The van der Waals surface area contributed by atoms with Gasteiger partial charge in [-0.05, 0) is 37.1 Å². The first-order chi connectivity index (χ1) is 13.0. The lowest BCUT2D eigenvalue weighted by molar-refractivity contribution is 0.0627. The minimum Gasteiger partial charge on any atom is -0.383 e. The van der Waals surface area contributed by atoms with Gasteiger partial charge in [-0.1, -0.05) is 12.8 Å². The van der Waals surface area contributed by atoms with Gasteiger partial charge < -0.3 is 14.4 Å². The molecule has 0 aromatic heterocycles. The molecule has 1 fully saturated rings. The van der Waals surface area contributed by atoms with E-state index in [1.165, 1.54) is 12.1 Å². The van der Waals surface area contributed by atoms with Crippen molar-refractivity contribution in [2.24, 2.45) is 0 Å². The zero-order valence-corrected chi connectivity index (χ0v) is 17.0. The number of amides is 1. The van der Waals surface area contributed by atoms with Crippen LogP contribution < -0.4 is 0 Å². The first kappa shape index (κ1) is 21.8. The lowest BCUT2D eigenvalue weighted by Gasteiger charge is -2.23. The van der Waals surface area contributed by atoms with Crippen LogP contribution in [0, 0.1) is 0 Å². The van der Waals surface area contributed by atoms with Crippen molar-refractivity contribution in [2.45, 2.75) is 30.6 Å². The molecule has 0 radical (unpaired) electrons. The molecule has 1 saturated heterocycles. The Balaban J connectivity index is 2.13. The molecule has 0 saturated carbocycles. The largest absolute Gasteiger partial charge is 0.383 e. The normalized spacial score (nSPS) is 16.1. The van der Waals surface area contributed by atoms with Crippen LogP contribution >= 0.6 is 0 Å². The molecular weight excluding hydrogens is 368 g/mol. The van der Waals surface area contributed by atoms with E-state index in [-0.39, 0.29) is 10.8 Å². The van der Waals surface area contributed by atoms with Crippen LogP contribution in [0.15, 0.2) is 29.2 Å². The molecule has 0 unspecified atom stereocenters. The third kappa shape index (κ3) is 6.00. The van der Waals surface area contributed by atoms with E-state index in [0.717, 1.165) is 25.7 Å². The number of rotatable bonds is 9. The number of carbonyl (C=O) groups excluding carboxylic acids is 1. The quantitative estimate of drug-likeness (QED) is 0.636. The van der Waals surface area contributed by atoms with Crippen LogP contribution in [-0.2, 0) is 19.5 Å². The Morgan fingerprint density at radius 2 is 1.48 bits per heavy atom. The summed E-state index contributed by atoms with van der Waals surface area (Å²) in [6, 6.07) is 6.22. The SMILES string of the molecule is COCCN(CCOC)C(=O)c1ccc(S(=O)(=O)N2CCCCCC2)cc1. The van der Waals surface area contributed by atoms with Crippen LogP contribution in [0.5, 0.6) is 0 Å². The molecule has 7 nitrogen and oxygen atoms in total. The lowest BCUT2D eigenvalue weighted by Crippen LogP contribution is -2.36. The van der Waals surface area contributed by atoms with Gasteiger partial charge in [0.25, 0.3) is 5.91 Å². The van der Waals surface area contributed by atoms with Crippen molar-refractivity contribution in [3.63, 3.8) is 0 Å². The number of hydrogen-bond donors (Lipinski definition) is 0. The summed E-state index contributed by atoms with van der Waals surface area (Å²) in [6.45, 7) is 2.88. The zero-order valence-electron chi connectivity index (χ0n) is 16.2. The fraction of sp³-hybridized carbons (Fsp3) is 0.632. The van der Waals surface area contributed by atoms with Gasteiger partial charge in [0, 0.05) is 46.0 Å². The van der Waals surface area contributed by atoms with Gasteiger partial charge in [-0.3, -0.25) is 4.79 Å². The number of carbonyl (C=O) groups is 1. The zero-order chi connectivity index (χ0) is 19.7. The molecule has 1 aliphatic heterocycles. The standard InChI is InChI=1S/C19H30N2O5S/c1-25-15-13-20(14-16-26-2)19(22)17-7-9-18(10-8-17)27(23,24)21-11-5-3-4-6-12-21/h7-10H,3-6,11-16H2,1-2H3. The fourth-order valence-electron chi connectivity index (χ4n) is 3.10. The maximum atomic E-state index is 12.8. The summed E-state index contributed by atoms with van der Waals surface area (Å²) in [6.07, 6.45) is 3.92. The van der Waals surface area contributed by atoms with Crippen molar-refractivity contribution >= 4 is 15.9 Å². The summed E-state index contributed by atoms with van der Waals surface area (Å²) in [5.41, 5.74) is 0.456. The van der Waals surface area contributed by atoms with Crippen molar-refractivity contribution in [3.8, 4) is 0 Å². The average Bonchev–Trinajstić information content (AvgIpc) is 2.98. The van der Waals surface area contributed by atoms with Crippen LogP contribution in [0.1, 0.15) is 36.0 Å². The third-order valence-corrected chi connectivity index (χ3v) is 6.63. The minimum absolute atomic E-state index is 0.164. The van der Waals surface area contributed by atoms with E-state index in [2.05, 4.69) is 0 Å². The summed E-state index contributed by atoms with van der Waals surface area (Å²) < 4.78 is 37.3. The van der Waals surface area contributed by atoms with Gasteiger partial charge in [-0.15, -0.1) is 0 Å². The molecule has 1 aromatic rings. The van der Waals surface area contributed by atoms with E-state index >= 15 is 0 Å². The first-order valence-corrected chi connectivity index (χ1v) is 10.8. The molecule has 152 valence electrons. The smallest absolute Gasteiger partial charge is 0.254 e. The van der Waals surface area contributed by atoms with Gasteiger partial charge in [0.1, 0.15) is 0 Å². The predicted octanol–water partition coefficient (Wildman–Crippen LogP) is 1.99. The molecule has 0 aliphatic carbocycles. The molecule has 0 spiro atoms. The summed E-state index contributed by atoms with van der Waals surface area (Å²) in [4.78, 5) is 14.6. The van der Waals surface area contributed by atoms with Crippen molar-refractivity contribution < 1.29 is 22.7 Å². The summed E-state index contributed by atoms with van der Waals surface area (Å²) >= 11 is 0. The number of benzene rings is 1. The highest BCUT2D eigenvalue weighted by Crippen LogP contribution is 2.21. The molecule has 8 heteroatoms. The van der Waals surface area contributed by atoms with E-state index < -0.39 is 10.0 Å². The molecule has 1 amide bonds. The van der Waals surface area contributed by atoms with Gasteiger partial charge in [0.05, 0.1) is 18.1 Å². The topological polar surface area (TPSA) is 76.1 Å². The van der Waals surface area contributed by atoms with E-state index in [0.29, 0.717) is 45.0 Å². The number of methoxy groups -OCH3 is 2. The fourth-order valence-corrected chi connectivity index (χ4v) is 4.62. The van der Waals surface area contributed by atoms with Crippen LogP contribution in [0.25, 0.3) is 0 Å². The van der Waals surface area contributed by atoms with Gasteiger partial charge in [0.2, 0.25) is 10.0 Å². The van der Waals surface area contributed by atoms with Crippen molar-refractivity contribution in [2.75, 3.05) is 53.6 Å². The minimum atomic E-state index is -3.51.